The fourth-order valence-corrected chi connectivity index (χ4v) is 1.55. The second-order valence-corrected chi connectivity index (χ2v) is 3.09. The zero-order valence-corrected chi connectivity index (χ0v) is 7.50. The van der Waals surface area contributed by atoms with Gasteiger partial charge in [0.05, 0.1) is 6.04 Å². The third kappa shape index (κ3) is 1.46. The summed E-state index contributed by atoms with van der Waals surface area (Å²) in [5, 5.41) is 13.8. The van der Waals surface area contributed by atoms with Crippen LogP contribution in [0.2, 0.25) is 0 Å². The van der Waals surface area contributed by atoms with Crippen molar-refractivity contribution >= 4 is 12.3 Å². The van der Waals surface area contributed by atoms with Crippen LogP contribution < -0.4 is 0 Å². The van der Waals surface area contributed by atoms with Gasteiger partial charge in [-0.1, -0.05) is 30.3 Å². The first-order valence-electron chi connectivity index (χ1n) is 4.38. The maximum atomic E-state index is 10.8. The molecule has 0 spiro atoms. The number of nitrogens with zero attached hydrogens (tertiary/aromatic N) is 2. The Morgan fingerprint density at radius 3 is 2.79 bits per heavy atom. The molecule has 1 unspecified atom stereocenters. The van der Waals surface area contributed by atoms with Crippen molar-refractivity contribution in [1.29, 1.82) is 0 Å². The average molecular weight is 190 g/mol. The molecule has 14 heavy (non-hydrogen) atoms. The molecule has 0 radical (unpaired) electrons. The number of carboxylic acid groups (broad SMARTS) is 1. The van der Waals surface area contributed by atoms with Crippen LogP contribution in [0.1, 0.15) is 18.0 Å². The number of amides is 1. The lowest BCUT2D eigenvalue weighted by molar-refractivity contribution is 0.134. The third-order valence-electron chi connectivity index (χ3n) is 2.21. The molecule has 1 heterocycles. The maximum Gasteiger partial charge on any atom is 0.428 e. The molecule has 0 aromatic heterocycles. The smallest absolute Gasteiger partial charge is 0.428 e. The Morgan fingerprint density at radius 2 is 2.14 bits per heavy atom. The maximum absolute atomic E-state index is 10.8. The first-order valence-corrected chi connectivity index (χ1v) is 4.38. The van der Waals surface area contributed by atoms with Crippen LogP contribution in [-0.4, -0.2) is 22.4 Å². The number of hydrazone groups is 1. The molecular formula is C10H10N2O2. The van der Waals surface area contributed by atoms with Crippen LogP contribution >= 0.6 is 0 Å². The van der Waals surface area contributed by atoms with E-state index in [-0.39, 0.29) is 6.04 Å². The Morgan fingerprint density at radius 1 is 1.43 bits per heavy atom. The lowest BCUT2D eigenvalue weighted by Gasteiger charge is -2.18. The largest absolute Gasteiger partial charge is 0.464 e. The predicted octanol–water partition coefficient (Wildman–Crippen LogP) is 2.10. The van der Waals surface area contributed by atoms with E-state index >= 15 is 0 Å². The van der Waals surface area contributed by atoms with E-state index in [4.69, 9.17) is 5.11 Å². The van der Waals surface area contributed by atoms with E-state index in [1.165, 1.54) is 0 Å². The molecule has 72 valence electrons. The molecule has 1 amide bonds. The van der Waals surface area contributed by atoms with Gasteiger partial charge in [-0.05, 0) is 5.56 Å². The van der Waals surface area contributed by atoms with Crippen LogP contribution in [0.3, 0.4) is 0 Å². The normalized spacial score (nSPS) is 20.0. The summed E-state index contributed by atoms with van der Waals surface area (Å²) < 4.78 is 0. The van der Waals surface area contributed by atoms with Gasteiger partial charge in [0.1, 0.15) is 0 Å². The highest BCUT2D eigenvalue weighted by Crippen LogP contribution is 2.27. The molecule has 4 heteroatoms. The number of benzene rings is 1. The molecule has 1 atom stereocenters. The second-order valence-electron chi connectivity index (χ2n) is 3.09. The lowest BCUT2D eigenvalue weighted by Crippen LogP contribution is -2.24. The molecule has 1 aliphatic heterocycles. The Kier molecular flexibility index (Phi) is 2.18. The Labute approximate surface area is 81.5 Å². The van der Waals surface area contributed by atoms with Crippen LogP contribution in [0.5, 0.6) is 0 Å². The summed E-state index contributed by atoms with van der Waals surface area (Å²) in [6.07, 6.45) is 1.27. The summed E-state index contributed by atoms with van der Waals surface area (Å²) in [6, 6.07) is 9.37. The molecule has 1 N–H and O–H groups in total. The topological polar surface area (TPSA) is 52.9 Å². The van der Waals surface area contributed by atoms with Gasteiger partial charge in [-0.15, -0.1) is 0 Å². The van der Waals surface area contributed by atoms with Crippen molar-refractivity contribution in [2.24, 2.45) is 5.10 Å². The van der Waals surface area contributed by atoms with Gasteiger partial charge in [0.15, 0.2) is 0 Å². The summed E-state index contributed by atoms with van der Waals surface area (Å²) >= 11 is 0. The van der Waals surface area contributed by atoms with Crippen LogP contribution in [0, 0.1) is 0 Å². The van der Waals surface area contributed by atoms with Crippen molar-refractivity contribution in [2.45, 2.75) is 12.5 Å². The van der Waals surface area contributed by atoms with E-state index in [9.17, 15) is 4.79 Å². The van der Waals surface area contributed by atoms with E-state index in [2.05, 4.69) is 5.10 Å². The van der Waals surface area contributed by atoms with Crippen molar-refractivity contribution in [2.75, 3.05) is 0 Å². The quantitative estimate of drug-likeness (QED) is 0.737. The summed E-state index contributed by atoms with van der Waals surface area (Å²) in [7, 11) is 0. The monoisotopic (exact) mass is 190 g/mol. The molecule has 1 aliphatic rings. The second kappa shape index (κ2) is 3.49. The number of carbonyl (C=O) groups is 1. The lowest BCUT2D eigenvalue weighted by atomic mass is 10.1. The predicted molar refractivity (Wildman–Crippen MR) is 52.2 cm³/mol. The van der Waals surface area contributed by atoms with Crippen LogP contribution in [0.15, 0.2) is 35.4 Å². The van der Waals surface area contributed by atoms with Crippen molar-refractivity contribution in [1.82, 2.24) is 5.01 Å². The molecule has 0 bridgehead atoms. The summed E-state index contributed by atoms with van der Waals surface area (Å²) in [6.45, 7) is 0. The zero-order valence-electron chi connectivity index (χ0n) is 7.50. The van der Waals surface area contributed by atoms with Gasteiger partial charge in [-0.25, -0.2) is 4.79 Å². The Hall–Kier alpha value is -1.84. The minimum Gasteiger partial charge on any atom is -0.464 e. The van der Waals surface area contributed by atoms with E-state index in [1.807, 2.05) is 30.3 Å². The summed E-state index contributed by atoms with van der Waals surface area (Å²) in [4.78, 5) is 10.8. The first-order chi connectivity index (χ1) is 6.79. The van der Waals surface area contributed by atoms with Gasteiger partial charge in [0, 0.05) is 12.6 Å². The number of hydrogen-bond donors (Lipinski definition) is 1. The van der Waals surface area contributed by atoms with Crippen molar-refractivity contribution < 1.29 is 9.90 Å². The van der Waals surface area contributed by atoms with Crippen LogP contribution in [0.4, 0.5) is 4.79 Å². The highest BCUT2D eigenvalue weighted by atomic mass is 16.4. The molecule has 0 fully saturated rings. The average Bonchev–Trinajstić information content (AvgIpc) is 2.67. The SMILES string of the molecule is O=C(O)N1N=CCC1c1ccccc1. The van der Waals surface area contributed by atoms with E-state index in [0.29, 0.717) is 6.42 Å². The third-order valence-corrected chi connectivity index (χ3v) is 2.21. The van der Waals surface area contributed by atoms with Gasteiger partial charge in [-0.3, -0.25) is 0 Å². The molecule has 0 aliphatic carbocycles. The van der Waals surface area contributed by atoms with Gasteiger partial charge >= 0.3 is 6.09 Å². The number of rotatable bonds is 1. The fraction of sp³-hybridized carbons (Fsp3) is 0.200. The molecule has 1 aromatic rings. The summed E-state index contributed by atoms with van der Waals surface area (Å²) in [5.74, 6) is 0. The van der Waals surface area contributed by atoms with Gasteiger partial charge in [-0.2, -0.15) is 10.1 Å². The minimum atomic E-state index is -1.01. The van der Waals surface area contributed by atoms with Crippen molar-refractivity contribution in [3.8, 4) is 0 Å². The van der Waals surface area contributed by atoms with Crippen LogP contribution in [0.25, 0.3) is 0 Å². The van der Waals surface area contributed by atoms with Gasteiger partial charge in [0.2, 0.25) is 0 Å². The Bertz CT molecular complexity index is 362. The van der Waals surface area contributed by atoms with Crippen LogP contribution in [-0.2, 0) is 0 Å². The highest BCUT2D eigenvalue weighted by Gasteiger charge is 2.27. The minimum absolute atomic E-state index is 0.159. The standard InChI is InChI=1S/C10H10N2O2/c13-10(14)12-9(6-7-11-12)8-4-2-1-3-5-8/h1-5,7,9H,6H2,(H,13,14). The van der Waals surface area contributed by atoms with E-state index in [0.717, 1.165) is 10.6 Å². The van der Waals surface area contributed by atoms with Gasteiger partial charge < -0.3 is 5.11 Å². The Balaban J connectivity index is 2.24. The molecule has 0 saturated carbocycles. The molecule has 1 aromatic carbocycles. The van der Waals surface area contributed by atoms with E-state index < -0.39 is 6.09 Å². The van der Waals surface area contributed by atoms with E-state index in [1.54, 1.807) is 6.21 Å². The number of hydrogen-bond acceptors (Lipinski definition) is 2. The van der Waals surface area contributed by atoms with Gasteiger partial charge in [0.25, 0.3) is 0 Å². The zero-order chi connectivity index (χ0) is 9.97. The van der Waals surface area contributed by atoms with Crippen molar-refractivity contribution in [3.05, 3.63) is 35.9 Å². The molecule has 2 rings (SSSR count). The highest BCUT2D eigenvalue weighted by molar-refractivity contribution is 5.72. The first kappa shape index (κ1) is 8.74. The molecular weight excluding hydrogens is 180 g/mol. The van der Waals surface area contributed by atoms with Crippen molar-refractivity contribution in [3.63, 3.8) is 0 Å². The molecule has 4 nitrogen and oxygen atoms in total. The molecule has 0 saturated heterocycles. The summed E-state index contributed by atoms with van der Waals surface area (Å²) in [5.41, 5.74) is 0.979. The fourth-order valence-electron chi connectivity index (χ4n) is 1.55.